The Hall–Kier alpha value is -2.79. The third kappa shape index (κ3) is 3.89. The van der Waals surface area contributed by atoms with E-state index in [1.165, 1.54) is 12.1 Å². The molecule has 3 rings (SSSR count). The molecule has 0 aromatic heterocycles. The molecule has 0 radical (unpaired) electrons. The van der Waals surface area contributed by atoms with Crippen molar-refractivity contribution >= 4 is 12.9 Å². The van der Waals surface area contributed by atoms with Crippen molar-refractivity contribution in [3.05, 3.63) is 90.0 Å². The normalized spacial score (nSPS) is 11.2. The number of benzene rings is 3. The topological polar surface area (TPSA) is 35.5 Å². The largest absolute Gasteiger partial charge is 0.462 e. The zero-order chi connectivity index (χ0) is 18.7. The van der Waals surface area contributed by atoms with Gasteiger partial charge in [0.25, 0.3) is 0 Å². The number of rotatable bonds is 5. The van der Waals surface area contributed by atoms with Crippen molar-refractivity contribution in [2.45, 2.75) is 0 Å². The van der Waals surface area contributed by atoms with E-state index < -0.39 is 30.9 Å². The molecule has 134 valence electrons. The Morgan fingerprint density at radius 3 is 1.50 bits per heavy atom. The predicted molar refractivity (Wildman–Crippen MR) is 87.7 cm³/mol. The van der Waals surface area contributed by atoms with Crippen molar-refractivity contribution in [1.29, 1.82) is 0 Å². The van der Waals surface area contributed by atoms with Gasteiger partial charge in [-0.1, -0.05) is 18.2 Å². The van der Waals surface area contributed by atoms with Crippen molar-refractivity contribution in [2.24, 2.45) is 0 Å². The molecular formula is C18H11F4O3P. The second-order valence-electron chi connectivity index (χ2n) is 5.17. The van der Waals surface area contributed by atoms with Gasteiger partial charge in [-0.2, -0.15) is 0 Å². The average Bonchev–Trinajstić information content (AvgIpc) is 2.62. The van der Waals surface area contributed by atoms with Gasteiger partial charge in [0.1, 0.15) is 11.5 Å². The van der Waals surface area contributed by atoms with Crippen molar-refractivity contribution in [3.63, 3.8) is 0 Å². The lowest BCUT2D eigenvalue weighted by molar-refractivity contribution is 0.394. The second-order valence-corrected chi connectivity index (χ2v) is 7.04. The maximum Gasteiger partial charge on any atom is 0.462 e. The molecule has 0 spiro atoms. The fourth-order valence-corrected chi connectivity index (χ4v) is 3.65. The third-order valence-electron chi connectivity index (χ3n) is 3.31. The molecule has 0 fully saturated rings. The summed E-state index contributed by atoms with van der Waals surface area (Å²) in [5.74, 6) is -5.11. The van der Waals surface area contributed by atoms with Crippen LogP contribution in [-0.4, -0.2) is 0 Å². The van der Waals surface area contributed by atoms with Gasteiger partial charge < -0.3 is 9.05 Å². The van der Waals surface area contributed by atoms with Crippen LogP contribution in [0.1, 0.15) is 0 Å². The summed E-state index contributed by atoms with van der Waals surface area (Å²) in [4.78, 5) is 0. The molecule has 3 aromatic carbocycles. The van der Waals surface area contributed by atoms with E-state index in [0.29, 0.717) is 12.1 Å². The summed E-state index contributed by atoms with van der Waals surface area (Å²) >= 11 is 0. The standard InChI is InChI=1S/C18H11F4O3P/c19-15-8-6-12(10-17(15)21)24-26(23,14-4-2-1-3-5-14)25-13-7-9-16(20)18(22)11-13/h1-11H. The zero-order valence-corrected chi connectivity index (χ0v) is 13.9. The lowest BCUT2D eigenvalue weighted by atomic mass is 10.3. The maximum absolute atomic E-state index is 13.4. The summed E-state index contributed by atoms with van der Waals surface area (Å²) in [5, 5.41) is 0.0921. The van der Waals surface area contributed by atoms with Crippen LogP contribution in [-0.2, 0) is 4.57 Å². The molecule has 8 heteroatoms. The average molecular weight is 382 g/mol. The van der Waals surface area contributed by atoms with Gasteiger partial charge in [-0.3, -0.25) is 0 Å². The van der Waals surface area contributed by atoms with E-state index in [9.17, 15) is 22.1 Å². The van der Waals surface area contributed by atoms with Gasteiger partial charge in [0.15, 0.2) is 23.3 Å². The third-order valence-corrected chi connectivity index (χ3v) is 5.14. The van der Waals surface area contributed by atoms with Crippen LogP contribution in [0.15, 0.2) is 66.7 Å². The Morgan fingerprint density at radius 2 is 1.08 bits per heavy atom. The van der Waals surface area contributed by atoms with E-state index in [4.69, 9.17) is 9.05 Å². The Kier molecular flexibility index (Phi) is 5.00. The van der Waals surface area contributed by atoms with Crippen LogP contribution in [0, 0.1) is 23.3 Å². The smallest absolute Gasteiger partial charge is 0.413 e. The van der Waals surface area contributed by atoms with Gasteiger partial charge in [-0.05, 0) is 36.4 Å². The molecule has 0 saturated heterocycles. The van der Waals surface area contributed by atoms with Crippen molar-refractivity contribution in [2.75, 3.05) is 0 Å². The van der Waals surface area contributed by atoms with Crippen LogP contribution in [0.4, 0.5) is 17.6 Å². The van der Waals surface area contributed by atoms with E-state index in [0.717, 1.165) is 24.3 Å². The molecule has 0 aliphatic rings. The van der Waals surface area contributed by atoms with E-state index in [1.807, 2.05) is 0 Å². The van der Waals surface area contributed by atoms with Crippen LogP contribution in [0.2, 0.25) is 0 Å². The highest BCUT2D eigenvalue weighted by atomic mass is 31.2. The summed E-state index contributed by atoms with van der Waals surface area (Å²) in [6.45, 7) is 0. The van der Waals surface area contributed by atoms with Crippen LogP contribution in [0.25, 0.3) is 0 Å². The van der Waals surface area contributed by atoms with E-state index in [-0.39, 0.29) is 16.8 Å². The molecule has 0 unspecified atom stereocenters. The molecular weight excluding hydrogens is 371 g/mol. The minimum Gasteiger partial charge on any atom is -0.413 e. The first-order valence-corrected chi connectivity index (χ1v) is 8.86. The minimum absolute atomic E-state index is 0.0921. The van der Waals surface area contributed by atoms with Gasteiger partial charge in [0.05, 0.1) is 5.30 Å². The lowest BCUT2D eigenvalue weighted by Gasteiger charge is -2.20. The van der Waals surface area contributed by atoms with Crippen LogP contribution >= 0.6 is 7.60 Å². The predicted octanol–water partition coefficient (Wildman–Crippen LogP) is 5.22. The van der Waals surface area contributed by atoms with E-state index in [2.05, 4.69) is 0 Å². The highest BCUT2D eigenvalue weighted by Crippen LogP contribution is 2.47. The molecule has 3 aromatic rings. The number of hydrogen-bond acceptors (Lipinski definition) is 3. The van der Waals surface area contributed by atoms with Crippen LogP contribution < -0.4 is 14.4 Å². The van der Waals surface area contributed by atoms with Crippen LogP contribution in [0.5, 0.6) is 11.5 Å². The maximum atomic E-state index is 13.4. The molecule has 26 heavy (non-hydrogen) atoms. The molecule has 3 nitrogen and oxygen atoms in total. The van der Waals surface area contributed by atoms with Gasteiger partial charge in [-0.25, -0.2) is 22.1 Å². The van der Waals surface area contributed by atoms with Gasteiger partial charge in [0, 0.05) is 12.1 Å². The van der Waals surface area contributed by atoms with E-state index >= 15 is 0 Å². The van der Waals surface area contributed by atoms with Crippen LogP contribution in [0.3, 0.4) is 0 Å². The Labute approximate surface area is 146 Å². The first-order valence-electron chi connectivity index (χ1n) is 7.32. The Balaban J connectivity index is 2.00. The van der Waals surface area contributed by atoms with Gasteiger partial charge >= 0.3 is 7.60 Å². The summed E-state index contributed by atoms with van der Waals surface area (Å²) in [6, 6.07) is 12.8. The Morgan fingerprint density at radius 1 is 0.615 bits per heavy atom. The molecule has 0 bridgehead atoms. The fraction of sp³-hybridized carbons (Fsp3) is 0. The molecule has 0 aliphatic carbocycles. The molecule has 0 N–H and O–H groups in total. The van der Waals surface area contributed by atoms with Gasteiger partial charge in [0.2, 0.25) is 0 Å². The van der Waals surface area contributed by atoms with Crippen molar-refractivity contribution < 1.29 is 31.2 Å². The van der Waals surface area contributed by atoms with Gasteiger partial charge in [-0.15, -0.1) is 0 Å². The van der Waals surface area contributed by atoms with Crippen molar-refractivity contribution in [3.8, 4) is 11.5 Å². The monoisotopic (exact) mass is 382 g/mol. The summed E-state index contributed by atoms with van der Waals surface area (Å²) in [7, 11) is -4.16. The highest BCUT2D eigenvalue weighted by Gasteiger charge is 2.31. The SMILES string of the molecule is O=P(Oc1ccc(F)c(F)c1)(Oc1ccc(F)c(F)c1)c1ccccc1. The number of hydrogen-bond donors (Lipinski definition) is 0. The first-order chi connectivity index (χ1) is 12.4. The van der Waals surface area contributed by atoms with Crippen molar-refractivity contribution in [1.82, 2.24) is 0 Å². The molecule has 0 atom stereocenters. The molecule has 0 saturated carbocycles. The first kappa shape index (κ1) is 18.0. The highest BCUT2D eigenvalue weighted by molar-refractivity contribution is 7.63. The minimum atomic E-state index is -4.16. The molecule has 0 heterocycles. The quantitative estimate of drug-likeness (QED) is 0.448. The van der Waals surface area contributed by atoms with E-state index in [1.54, 1.807) is 18.2 Å². The summed E-state index contributed by atoms with van der Waals surface area (Å²) in [6.07, 6.45) is 0. The summed E-state index contributed by atoms with van der Waals surface area (Å²) in [5.41, 5.74) is 0. The lowest BCUT2D eigenvalue weighted by Crippen LogP contribution is -2.14. The molecule has 0 amide bonds. The number of halogens is 4. The molecule has 0 aliphatic heterocycles. The second kappa shape index (κ2) is 7.22. The fourth-order valence-electron chi connectivity index (χ4n) is 2.08. The summed E-state index contributed by atoms with van der Waals surface area (Å²) < 4.78 is 76.8. The Bertz CT molecular complexity index is 922. The zero-order valence-electron chi connectivity index (χ0n) is 13.0.